The molecule has 80 valence electrons. The van der Waals surface area contributed by atoms with Gasteiger partial charge in [0.1, 0.15) is 4.83 Å². The largest absolute Gasteiger partial charge is 0.379 e. The summed E-state index contributed by atoms with van der Waals surface area (Å²) in [5.41, 5.74) is 7.39. The summed E-state index contributed by atoms with van der Waals surface area (Å²) in [4.78, 5) is 6.24. The maximum Gasteiger partial charge on any atom is 0.197 e. The summed E-state index contributed by atoms with van der Waals surface area (Å²) in [6.45, 7) is 2.02. The van der Waals surface area contributed by atoms with Gasteiger partial charge in [-0.15, -0.1) is 11.3 Å². The fourth-order valence-electron chi connectivity index (χ4n) is 1.63. The van der Waals surface area contributed by atoms with Gasteiger partial charge in [-0.1, -0.05) is 6.07 Å². The molecular weight excluding hydrogens is 224 g/mol. The second kappa shape index (κ2) is 3.28. The van der Waals surface area contributed by atoms with Gasteiger partial charge in [0.2, 0.25) is 0 Å². The van der Waals surface area contributed by atoms with Gasteiger partial charge in [-0.05, 0) is 28.9 Å². The molecule has 0 unspecified atom stereocenters. The molecule has 0 radical (unpaired) electrons. The molecule has 0 bridgehead atoms. The first-order valence-electron chi connectivity index (χ1n) is 4.70. The maximum absolute atomic E-state index is 5.68. The highest BCUT2D eigenvalue weighted by Crippen LogP contribution is 2.37. The van der Waals surface area contributed by atoms with Gasteiger partial charge in [-0.25, -0.2) is 9.61 Å². The molecule has 6 heteroatoms. The van der Waals surface area contributed by atoms with Crippen molar-refractivity contribution in [2.45, 2.75) is 6.92 Å². The third-order valence-corrected chi connectivity index (χ3v) is 3.67. The van der Waals surface area contributed by atoms with E-state index in [4.69, 9.17) is 5.73 Å². The number of hydrogen-bond acceptors (Lipinski definition) is 6. The molecule has 3 aromatic heterocycles. The lowest BCUT2D eigenvalue weighted by atomic mass is 10.1. The number of anilines is 1. The summed E-state index contributed by atoms with van der Waals surface area (Å²) in [5, 5.41) is 8.51. The first-order chi connectivity index (χ1) is 7.77. The van der Waals surface area contributed by atoms with Crippen molar-refractivity contribution in [3.05, 3.63) is 23.9 Å². The van der Waals surface area contributed by atoms with Crippen LogP contribution < -0.4 is 5.73 Å². The number of rotatable bonds is 1. The zero-order valence-corrected chi connectivity index (χ0v) is 9.28. The molecule has 0 saturated heterocycles. The number of aryl methyl sites for hydroxylation is 1. The minimum Gasteiger partial charge on any atom is -0.379 e. The topological polar surface area (TPSA) is 77.8 Å². The van der Waals surface area contributed by atoms with E-state index in [2.05, 4.69) is 19.9 Å². The van der Waals surface area contributed by atoms with Crippen molar-refractivity contribution < 1.29 is 4.63 Å². The summed E-state index contributed by atoms with van der Waals surface area (Å²) in [7, 11) is 0. The summed E-state index contributed by atoms with van der Waals surface area (Å²) in [6.07, 6.45) is 1.77. The highest BCUT2D eigenvalue weighted by molar-refractivity contribution is 7.22. The van der Waals surface area contributed by atoms with Crippen LogP contribution in [0, 0.1) is 6.92 Å². The van der Waals surface area contributed by atoms with Crippen molar-refractivity contribution in [1.29, 1.82) is 0 Å². The van der Waals surface area contributed by atoms with Crippen LogP contribution in [0.1, 0.15) is 5.56 Å². The summed E-state index contributed by atoms with van der Waals surface area (Å²) in [5.74, 6) is 0.314. The van der Waals surface area contributed by atoms with E-state index >= 15 is 0 Å². The predicted molar refractivity (Wildman–Crippen MR) is 62.1 cm³/mol. The van der Waals surface area contributed by atoms with Gasteiger partial charge in [0.15, 0.2) is 11.5 Å². The number of pyridine rings is 1. The molecule has 0 amide bonds. The number of aromatic nitrogens is 3. The summed E-state index contributed by atoms with van der Waals surface area (Å²) in [6, 6.07) is 3.94. The van der Waals surface area contributed by atoms with E-state index in [9.17, 15) is 0 Å². The Labute approximate surface area is 94.9 Å². The number of fused-ring (bicyclic) bond motifs is 1. The molecule has 0 spiro atoms. The van der Waals surface area contributed by atoms with E-state index in [1.807, 2.05) is 19.1 Å². The van der Waals surface area contributed by atoms with Gasteiger partial charge in [0.05, 0.1) is 4.88 Å². The molecule has 2 N–H and O–H groups in total. The Morgan fingerprint density at radius 1 is 1.38 bits per heavy atom. The van der Waals surface area contributed by atoms with Crippen molar-refractivity contribution >= 4 is 27.4 Å². The highest BCUT2D eigenvalue weighted by atomic mass is 32.1. The molecule has 0 aliphatic heterocycles. The third kappa shape index (κ3) is 1.20. The number of nitrogens with two attached hydrogens (primary N) is 1. The second-order valence-corrected chi connectivity index (χ2v) is 4.41. The van der Waals surface area contributed by atoms with Crippen LogP contribution in [0.3, 0.4) is 0 Å². The molecular formula is C10H8N4OS. The third-order valence-electron chi connectivity index (χ3n) is 2.44. The van der Waals surface area contributed by atoms with E-state index < -0.39 is 0 Å². The Morgan fingerprint density at radius 3 is 2.94 bits per heavy atom. The second-order valence-electron chi connectivity index (χ2n) is 3.41. The molecule has 3 rings (SSSR count). The number of thiophene rings is 1. The standard InChI is InChI=1S/C10H8N4OS/c1-5-6-3-2-4-12-10(6)16-8(5)7-9(11)14-15-13-7/h2-4H,1H3,(H2,11,14). The van der Waals surface area contributed by atoms with Gasteiger partial charge in [-0.3, -0.25) is 0 Å². The zero-order valence-electron chi connectivity index (χ0n) is 8.47. The summed E-state index contributed by atoms with van der Waals surface area (Å²) >= 11 is 1.54. The van der Waals surface area contributed by atoms with Crippen molar-refractivity contribution in [1.82, 2.24) is 15.3 Å². The molecule has 5 nitrogen and oxygen atoms in total. The van der Waals surface area contributed by atoms with Crippen molar-refractivity contribution in [2.75, 3.05) is 5.73 Å². The monoisotopic (exact) mass is 232 g/mol. The Hall–Kier alpha value is -1.95. The van der Waals surface area contributed by atoms with Gasteiger partial charge in [-0.2, -0.15) is 0 Å². The van der Waals surface area contributed by atoms with Crippen LogP contribution in [-0.2, 0) is 0 Å². The Bertz CT molecular complexity index is 658. The Morgan fingerprint density at radius 2 is 2.25 bits per heavy atom. The molecule has 0 aliphatic rings. The molecule has 3 aromatic rings. The quantitative estimate of drug-likeness (QED) is 0.696. The first-order valence-corrected chi connectivity index (χ1v) is 5.51. The molecule has 0 atom stereocenters. The SMILES string of the molecule is Cc1c(-c2nonc2N)sc2ncccc12. The van der Waals surface area contributed by atoms with Crippen LogP contribution in [-0.4, -0.2) is 15.3 Å². The molecule has 0 aromatic carbocycles. The van der Waals surface area contributed by atoms with E-state index in [0.29, 0.717) is 11.5 Å². The molecule has 0 aliphatic carbocycles. The maximum atomic E-state index is 5.68. The van der Waals surface area contributed by atoms with Crippen LogP contribution >= 0.6 is 11.3 Å². The number of hydrogen-bond donors (Lipinski definition) is 1. The van der Waals surface area contributed by atoms with Crippen molar-refractivity contribution in [2.24, 2.45) is 0 Å². The van der Waals surface area contributed by atoms with E-state index in [0.717, 1.165) is 20.7 Å². The van der Waals surface area contributed by atoms with Crippen LogP contribution in [0.2, 0.25) is 0 Å². The molecule has 0 fully saturated rings. The lowest BCUT2D eigenvalue weighted by molar-refractivity contribution is 0.310. The van der Waals surface area contributed by atoms with Gasteiger partial charge in [0.25, 0.3) is 0 Å². The fraction of sp³-hybridized carbons (Fsp3) is 0.100. The number of nitrogen functional groups attached to an aromatic ring is 1. The molecule has 3 heterocycles. The van der Waals surface area contributed by atoms with Gasteiger partial charge < -0.3 is 5.73 Å². The normalized spacial score (nSPS) is 11.1. The molecule has 0 saturated carbocycles. The average Bonchev–Trinajstić information content (AvgIpc) is 2.84. The number of nitrogens with zero attached hydrogens (tertiary/aromatic N) is 3. The van der Waals surface area contributed by atoms with E-state index in [1.54, 1.807) is 17.5 Å². The van der Waals surface area contributed by atoms with Crippen LogP contribution in [0.5, 0.6) is 0 Å². The summed E-state index contributed by atoms with van der Waals surface area (Å²) < 4.78 is 4.61. The minimum absolute atomic E-state index is 0.314. The lowest BCUT2D eigenvalue weighted by Gasteiger charge is -1.92. The van der Waals surface area contributed by atoms with E-state index in [1.165, 1.54) is 0 Å². The van der Waals surface area contributed by atoms with Gasteiger partial charge in [0, 0.05) is 11.6 Å². The Kier molecular flexibility index (Phi) is 1.90. The zero-order chi connectivity index (χ0) is 11.1. The first kappa shape index (κ1) is 9.29. The van der Waals surface area contributed by atoms with Crippen molar-refractivity contribution in [3.8, 4) is 10.6 Å². The smallest absolute Gasteiger partial charge is 0.197 e. The van der Waals surface area contributed by atoms with E-state index in [-0.39, 0.29) is 0 Å². The fourth-order valence-corrected chi connectivity index (χ4v) is 2.77. The highest BCUT2D eigenvalue weighted by Gasteiger charge is 2.16. The van der Waals surface area contributed by atoms with Crippen LogP contribution in [0.15, 0.2) is 23.0 Å². The Balaban J connectivity index is 2.33. The lowest BCUT2D eigenvalue weighted by Crippen LogP contribution is -1.87. The molecule has 16 heavy (non-hydrogen) atoms. The van der Waals surface area contributed by atoms with Crippen molar-refractivity contribution in [3.63, 3.8) is 0 Å². The van der Waals surface area contributed by atoms with Gasteiger partial charge >= 0.3 is 0 Å². The minimum atomic E-state index is 0.314. The predicted octanol–water partition coefficient (Wildman–Crippen LogP) is 2.24. The van der Waals surface area contributed by atoms with Crippen LogP contribution in [0.25, 0.3) is 20.8 Å². The van der Waals surface area contributed by atoms with Crippen LogP contribution in [0.4, 0.5) is 5.82 Å². The average molecular weight is 232 g/mol.